The quantitative estimate of drug-likeness (QED) is 0.320. The summed E-state index contributed by atoms with van der Waals surface area (Å²) in [7, 11) is 1.91. The molecule has 41 heavy (non-hydrogen) atoms. The van der Waals surface area contributed by atoms with Gasteiger partial charge in [0.2, 0.25) is 11.5 Å². The molecule has 2 saturated heterocycles. The Morgan fingerprint density at radius 1 is 1.27 bits per heavy atom. The third-order valence-corrected chi connectivity index (χ3v) is 8.15. The van der Waals surface area contributed by atoms with Gasteiger partial charge in [0.15, 0.2) is 5.82 Å². The van der Waals surface area contributed by atoms with Crippen LogP contribution in [0.4, 0.5) is 20.5 Å². The number of hydrogen-bond donors (Lipinski definition) is 3. The van der Waals surface area contributed by atoms with Gasteiger partial charge in [0.1, 0.15) is 22.8 Å². The van der Waals surface area contributed by atoms with E-state index < -0.39 is 22.8 Å². The van der Waals surface area contributed by atoms with Crippen LogP contribution in [0.2, 0.25) is 0 Å². The first kappa shape index (κ1) is 27.1. The summed E-state index contributed by atoms with van der Waals surface area (Å²) in [6.07, 6.45) is 10.3. The number of fused-ring (bicyclic) bond motifs is 2. The van der Waals surface area contributed by atoms with Crippen LogP contribution in [0.25, 0.3) is 33.1 Å². The van der Waals surface area contributed by atoms with Crippen LogP contribution in [0.1, 0.15) is 38.2 Å². The van der Waals surface area contributed by atoms with Gasteiger partial charge in [-0.15, -0.1) is 6.42 Å². The van der Waals surface area contributed by atoms with Gasteiger partial charge in [-0.2, -0.15) is 4.98 Å². The zero-order chi connectivity index (χ0) is 28.9. The predicted octanol–water partition coefficient (Wildman–Crippen LogP) is 3.33. The van der Waals surface area contributed by atoms with E-state index in [0.717, 1.165) is 25.5 Å². The first-order chi connectivity index (χ1) is 19.6. The minimum atomic E-state index is -0.783. The number of piperidine rings is 1. The minimum absolute atomic E-state index is 0.0330. The van der Waals surface area contributed by atoms with Gasteiger partial charge in [-0.3, -0.25) is 9.78 Å². The summed E-state index contributed by atoms with van der Waals surface area (Å²) in [4.78, 5) is 33.0. The van der Waals surface area contributed by atoms with Gasteiger partial charge >= 0.3 is 0 Å². The summed E-state index contributed by atoms with van der Waals surface area (Å²) in [6.45, 7) is 4.43. The van der Waals surface area contributed by atoms with E-state index in [1.165, 1.54) is 18.3 Å². The smallest absolute Gasteiger partial charge is 0.249 e. The van der Waals surface area contributed by atoms with E-state index >= 15 is 4.39 Å². The molecule has 1 atom stereocenters. The lowest BCUT2D eigenvalue weighted by atomic mass is 9.94. The van der Waals surface area contributed by atoms with Crippen molar-refractivity contribution in [2.24, 2.45) is 0 Å². The van der Waals surface area contributed by atoms with E-state index in [2.05, 4.69) is 26.2 Å². The van der Waals surface area contributed by atoms with E-state index in [1.807, 2.05) is 16.8 Å². The molecule has 0 unspecified atom stereocenters. The monoisotopic (exact) mass is 559 g/mol. The highest BCUT2D eigenvalue weighted by atomic mass is 19.1. The molecule has 9 nitrogen and oxygen atoms in total. The number of aromatic amines is 1. The van der Waals surface area contributed by atoms with E-state index in [0.29, 0.717) is 49.6 Å². The molecule has 212 valence electrons. The van der Waals surface area contributed by atoms with Crippen LogP contribution in [0, 0.1) is 24.0 Å². The number of anilines is 2. The molecule has 1 aromatic carbocycles. The number of nitrogens with one attached hydrogen (secondary N) is 2. The predicted molar refractivity (Wildman–Crippen MR) is 155 cm³/mol. The maximum atomic E-state index is 16.6. The van der Waals surface area contributed by atoms with Crippen molar-refractivity contribution in [3.63, 3.8) is 0 Å². The Hall–Kier alpha value is -4.14. The van der Waals surface area contributed by atoms with Crippen molar-refractivity contribution in [3.8, 4) is 23.6 Å². The van der Waals surface area contributed by atoms with Gasteiger partial charge in [0.25, 0.3) is 0 Å². The Kier molecular flexibility index (Phi) is 6.83. The summed E-state index contributed by atoms with van der Waals surface area (Å²) in [6, 6.07) is 4.01. The van der Waals surface area contributed by atoms with Crippen LogP contribution in [0.15, 0.2) is 29.2 Å². The number of H-pyrrole nitrogens is 1. The highest BCUT2D eigenvalue weighted by molar-refractivity contribution is 6.00. The average molecular weight is 560 g/mol. The van der Waals surface area contributed by atoms with Crippen molar-refractivity contribution in [2.45, 2.75) is 44.2 Å². The van der Waals surface area contributed by atoms with Gasteiger partial charge in [0, 0.05) is 55.9 Å². The van der Waals surface area contributed by atoms with E-state index in [-0.39, 0.29) is 39.3 Å². The molecule has 0 radical (unpaired) electrons. The summed E-state index contributed by atoms with van der Waals surface area (Å²) in [5.74, 6) is 1.78. The molecule has 2 aliphatic rings. The number of terminal acetylenes is 1. The van der Waals surface area contributed by atoms with Gasteiger partial charge in [-0.25, -0.2) is 13.8 Å². The summed E-state index contributed by atoms with van der Waals surface area (Å²) in [5, 5.41) is 14.6. The number of nitrogens with zero attached hydrogens (tertiary/aromatic N) is 5. The minimum Gasteiger partial charge on any atom is -0.390 e. The van der Waals surface area contributed by atoms with Crippen LogP contribution >= 0.6 is 0 Å². The number of pyridine rings is 2. The molecule has 0 spiro atoms. The second kappa shape index (κ2) is 10.4. The van der Waals surface area contributed by atoms with Crippen molar-refractivity contribution in [2.75, 3.05) is 43.0 Å². The fourth-order valence-corrected chi connectivity index (χ4v) is 5.83. The van der Waals surface area contributed by atoms with Gasteiger partial charge in [-0.1, -0.05) is 5.92 Å². The van der Waals surface area contributed by atoms with Crippen molar-refractivity contribution < 1.29 is 13.9 Å². The van der Waals surface area contributed by atoms with Crippen LogP contribution in [-0.2, 0) is 0 Å². The molecule has 0 aliphatic carbocycles. The number of aliphatic hydroxyl groups is 1. The Morgan fingerprint density at radius 2 is 2.05 bits per heavy atom. The second-order valence-electron chi connectivity index (χ2n) is 11.2. The van der Waals surface area contributed by atoms with Crippen molar-refractivity contribution in [3.05, 3.63) is 51.9 Å². The maximum Gasteiger partial charge on any atom is 0.249 e. The molecular weight excluding hydrogens is 528 g/mol. The molecule has 0 bridgehead atoms. The van der Waals surface area contributed by atoms with Crippen LogP contribution in [-0.4, -0.2) is 69.9 Å². The maximum absolute atomic E-state index is 16.6. The lowest BCUT2D eigenvalue weighted by molar-refractivity contribution is 0.0349. The van der Waals surface area contributed by atoms with E-state index in [9.17, 15) is 14.3 Å². The molecule has 2 fully saturated rings. The molecule has 6 rings (SSSR count). The van der Waals surface area contributed by atoms with Gasteiger partial charge in [-0.05, 0) is 51.3 Å². The molecule has 11 heteroatoms. The number of rotatable bonds is 5. The Morgan fingerprint density at radius 3 is 2.76 bits per heavy atom. The Balaban J connectivity index is 1.55. The van der Waals surface area contributed by atoms with Crippen molar-refractivity contribution in [1.29, 1.82) is 0 Å². The highest BCUT2D eigenvalue weighted by Crippen LogP contribution is 2.36. The number of halogens is 2. The summed E-state index contributed by atoms with van der Waals surface area (Å²) < 4.78 is 31.3. The molecule has 3 N–H and O–H groups in total. The topological polar surface area (TPSA) is 110 Å². The van der Waals surface area contributed by atoms with Crippen molar-refractivity contribution >= 4 is 33.6 Å². The first-order valence-electron chi connectivity index (χ1n) is 13.8. The molecule has 3 aromatic heterocycles. The second-order valence-corrected chi connectivity index (χ2v) is 11.2. The van der Waals surface area contributed by atoms with Crippen LogP contribution in [0.5, 0.6) is 0 Å². The third kappa shape index (κ3) is 4.98. The Labute approximate surface area is 235 Å². The third-order valence-electron chi connectivity index (χ3n) is 8.15. The standard InChI is InChI=1S/C30H31F2N7O2/c1-4-18-21(31)7-8-22-24(18)19(14-23(40)35-22)26-25(32)27-20(15-34-26)28(38(3)16-17-6-5-11-33-17)37-29(36-27)39-12-9-30(2,41)10-13-39/h1,7-8,14-15,17,33,41H,5-6,9-13,16H2,2-3H3,(H,35,40)/t17-/m0/s1. The molecule has 0 saturated carbocycles. The molecule has 5 heterocycles. The first-order valence-corrected chi connectivity index (χ1v) is 13.8. The number of benzene rings is 1. The van der Waals surface area contributed by atoms with E-state index in [1.54, 1.807) is 6.92 Å². The largest absolute Gasteiger partial charge is 0.390 e. The molecule has 2 aliphatic heterocycles. The fraction of sp³-hybridized carbons (Fsp3) is 0.400. The summed E-state index contributed by atoms with van der Waals surface area (Å²) in [5.41, 5.74) is -1.15. The molecule has 4 aromatic rings. The normalized spacial score (nSPS) is 18.6. The van der Waals surface area contributed by atoms with E-state index in [4.69, 9.17) is 11.4 Å². The van der Waals surface area contributed by atoms with Gasteiger partial charge < -0.3 is 25.2 Å². The number of hydrogen-bond acceptors (Lipinski definition) is 8. The lowest BCUT2D eigenvalue weighted by Gasteiger charge is -2.36. The highest BCUT2D eigenvalue weighted by Gasteiger charge is 2.30. The zero-order valence-corrected chi connectivity index (χ0v) is 23.0. The molecular formula is C30H31F2N7O2. The van der Waals surface area contributed by atoms with Gasteiger partial charge in [0.05, 0.1) is 22.1 Å². The zero-order valence-electron chi connectivity index (χ0n) is 23.0. The molecule has 0 amide bonds. The number of likely N-dealkylation sites (N-methyl/N-ethyl adjacent to an activating group) is 1. The average Bonchev–Trinajstić information content (AvgIpc) is 3.46. The fourth-order valence-electron chi connectivity index (χ4n) is 5.83. The van der Waals surface area contributed by atoms with Crippen LogP contribution < -0.4 is 20.7 Å². The number of aromatic nitrogens is 4. The SMILES string of the molecule is C#Cc1c(F)ccc2[nH]c(=O)cc(-c3ncc4c(N(C)C[C@@H]5CCCN5)nc(N5CCC(C)(O)CC5)nc4c3F)c12. The Bertz CT molecular complexity index is 1750. The summed E-state index contributed by atoms with van der Waals surface area (Å²) >= 11 is 0. The van der Waals surface area contributed by atoms with Crippen molar-refractivity contribution in [1.82, 2.24) is 25.3 Å². The lowest BCUT2D eigenvalue weighted by Crippen LogP contribution is -2.43. The van der Waals surface area contributed by atoms with Crippen LogP contribution in [0.3, 0.4) is 0 Å².